The second kappa shape index (κ2) is 5.87. The van der Waals surface area contributed by atoms with Crippen molar-refractivity contribution in [2.24, 2.45) is 5.84 Å². The third kappa shape index (κ3) is 3.01. The number of hydrazine groups is 1. The molecular formula is C10H12FN7O. The molecule has 0 fully saturated rings. The predicted octanol–water partition coefficient (Wildman–Crippen LogP) is -0.403. The third-order valence-electron chi connectivity index (χ3n) is 2.38. The maximum Gasteiger partial charge on any atom is 0.254 e. The highest BCUT2D eigenvalue weighted by molar-refractivity contribution is 5.95. The number of nitrogens with zero attached hydrogens (tertiary/aromatic N) is 3. The summed E-state index contributed by atoms with van der Waals surface area (Å²) in [6.07, 6.45) is 3.14. The summed E-state index contributed by atoms with van der Waals surface area (Å²) in [6, 6.07) is 1.28. The second-order valence-corrected chi connectivity index (χ2v) is 3.60. The molecule has 2 aromatic rings. The standard InChI is InChI=1S/C10H12FN7O/c11-8-6(1-3-13-9(8)17-12)10(19)14-4-2-7-15-5-16-18-7/h1,3,5H,2,4,12H2,(H,13,17)(H,14,19)(H,15,16,18). The molecule has 2 heterocycles. The number of amides is 1. The molecule has 1 amide bonds. The number of nitrogens with two attached hydrogens (primary N) is 1. The van der Waals surface area contributed by atoms with Crippen LogP contribution in [-0.4, -0.2) is 32.6 Å². The van der Waals surface area contributed by atoms with Crippen LogP contribution in [0.5, 0.6) is 0 Å². The SMILES string of the molecule is NNc1nccc(C(=O)NCCc2ncn[nH]2)c1F. The largest absolute Gasteiger partial charge is 0.351 e. The second-order valence-electron chi connectivity index (χ2n) is 3.60. The van der Waals surface area contributed by atoms with E-state index in [9.17, 15) is 9.18 Å². The average Bonchev–Trinajstić information content (AvgIpc) is 2.92. The first-order valence-corrected chi connectivity index (χ1v) is 5.46. The smallest absolute Gasteiger partial charge is 0.254 e. The molecule has 100 valence electrons. The van der Waals surface area contributed by atoms with Gasteiger partial charge in [0, 0.05) is 19.2 Å². The Bertz CT molecular complexity index is 557. The maximum absolute atomic E-state index is 13.7. The molecule has 0 bridgehead atoms. The first-order chi connectivity index (χ1) is 9.22. The highest BCUT2D eigenvalue weighted by Gasteiger charge is 2.15. The first kappa shape index (κ1) is 12.9. The zero-order valence-electron chi connectivity index (χ0n) is 9.85. The van der Waals surface area contributed by atoms with Gasteiger partial charge in [-0.3, -0.25) is 9.89 Å². The molecule has 0 atom stereocenters. The normalized spacial score (nSPS) is 10.2. The van der Waals surface area contributed by atoms with Crippen LogP contribution in [0.4, 0.5) is 10.2 Å². The summed E-state index contributed by atoms with van der Waals surface area (Å²) in [5, 5.41) is 8.90. The number of hydrogen-bond acceptors (Lipinski definition) is 6. The van der Waals surface area contributed by atoms with Gasteiger partial charge in [-0.25, -0.2) is 20.2 Å². The lowest BCUT2D eigenvalue weighted by Gasteiger charge is -2.07. The van der Waals surface area contributed by atoms with Gasteiger partial charge in [-0.05, 0) is 6.07 Å². The number of halogens is 1. The Morgan fingerprint density at radius 1 is 1.47 bits per heavy atom. The van der Waals surface area contributed by atoms with Crippen molar-refractivity contribution < 1.29 is 9.18 Å². The van der Waals surface area contributed by atoms with Gasteiger partial charge in [-0.1, -0.05) is 0 Å². The molecule has 0 unspecified atom stereocenters. The van der Waals surface area contributed by atoms with E-state index in [4.69, 9.17) is 5.84 Å². The number of pyridine rings is 1. The number of aromatic nitrogens is 4. The molecule has 0 aliphatic heterocycles. The number of carbonyl (C=O) groups is 1. The van der Waals surface area contributed by atoms with Crippen LogP contribution in [0.1, 0.15) is 16.2 Å². The van der Waals surface area contributed by atoms with Crippen molar-refractivity contribution in [1.82, 2.24) is 25.5 Å². The Balaban J connectivity index is 1.96. The summed E-state index contributed by atoms with van der Waals surface area (Å²) in [7, 11) is 0. The van der Waals surface area contributed by atoms with Gasteiger partial charge in [0.15, 0.2) is 11.6 Å². The van der Waals surface area contributed by atoms with Crippen LogP contribution >= 0.6 is 0 Å². The van der Waals surface area contributed by atoms with Gasteiger partial charge in [-0.15, -0.1) is 0 Å². The minimum Gasteiger partial charge on any atom is -0.351 e. The number of aromatic amines is 1. The van der Waals surface area contributed by atoms with Gasteiger partial charge in [-0.2, -0.15) is 5.10 Å². The average molecular weight is 265 g/mol. The summed E-state index contributed by atoms with van der Waals surface area (Å²) in [5.74, 6) is 4.21. The number of nitrogen functional groups attached to an aromatic ring is 1. The lowest BCUT2D eigenvalue weighted by atomic mass is 10.2. The van der Waals surface area contributed by atoms with Crippen LogP contribution < -0.4 is 16.6 Å². The van der Waals surface area contributed by atoms with Crippen molar-refractivity contribution in [2.75, 3.05) is 12.0 Å². The number of rotatable bonds is 5. The van der Waals surface area contributed by atoms with E-state index in [1.54, 1.807) is 0 Å². The van der Waals surface area contributed by atoms with Crippen molar-refractivity contribution >= 4 is 11.7 Å². The van der Waals surface area contributed by atoms with E-state index in [0.717, 1.165) is 0 Å². The number of nitrogens with one attached hydrogen (secondary N) is 3. The van der Waals surface area contributed by atoms with E-state index in [1.165, 1.54) is 18.6 Å². The molecule has 9 heteroatoms. The quantitative estimate of drug-likeness (QED) is 0.431. The molecule has 0 aromatic carbocycles. The Labute approximate surface area is 107 Å². The van der Waals surface area contributed by atoms with Crippen molar-refractivity contribution in [2.45, 2.75) is 6.42 Å². The summed E-state index contributed by atoms with van der Waals surface area (Å²) in [4.78, 5) is 19.3. The van der Waals surface area contributed by atoms with Gasteiger partial charge in [0.2, 0.25) is 0 Å². The first-order valence-electron chi connectivity index (χ1n) is 5.46. The fourth-order valence-electron chi connectivity index (χ4n) is 1.46. The molecular weight excluding hydrogens is 253 g/mol. The number of carbonyl (C=O) groups excluding carboxylic acids is 1. The van der Waals surface area contributed by atoms with Gasteiger partial charge in [0.05, 0.1) is 5.56 Å². The van der Waals surface area contributed by atoms with E-state index in [1.807, 2.05) is 0 Å². The molecule has 0 saturated carbocycles. The molecule has 8 nitrogen and oxygen atoms in total. The molecule has 0 saturated heterocycles. The van der Waals surface area contributed by atoms with Crippen LogP contribution in [0.3, 0.4) is 0 Å². The molecule has 0 radical (unpaired) electrons. The molecule has 5 N–H and O–H groups in total. The molecule has 19 heavy (non-hydrogen) atoms. The molecule has 0 spiro atoms. The van der Waals surface area contributed by atoms with Crippen molar-refractivity contribution in [3.8, 4) is 0 Å². The Hall–Kier alpha value is -2.55. The highest BCUT2D eigenvalue weighted by atomic mass is 19.1. The summed E-state index contributed by atoms with van der Waals surface area (Å²) < 4.78 is 13.7. The zero-order chi connectivity index (χ0) is 13.7. The third-order valence-corrected chi connectivity index (χ3v) is 2.38. The van der Waals surface area contributed by atoms with Crippen LogP contribution in [0.15, 0.2) is 18.6 Å². The fourth-order valence-corrected chi connectivity index (χ4v) is 1.46. The van der Waals surface area contributed by atoms with E-state index in [2.05, 4.69) is 30.9 Å². The van der Waals surface area contributed by atoms with Crippen LogP contribution in [0.2, 0.25) is 0 Å². The molecule has 2 rings (SSSR count). The Kier molecular flexibility index (Phi) is 3.98. The maximum atomic E-state index is 13.7. The number of H-pyrrole nitrogens is 1. The monoisotopic (exact) mass is 265 g/mol. The minimum absolute atomic E-state index is 0.125. The molecule has 2 aromatic heterocycles. The Morgan fingerprint density at radius 2 is 2.32 bits per heavy atom. The van der Waals surface area contributed by atoms with Gasteiger partial charge in [0.25, 0.3) is 5.91 Å². The van der Waals surface area contributed by atoms with E-state index >= 15 is 0 Å². The van der Waals surface area contributed by atoms with Crippen LogP contribution in [0.25, 0.3) is 0 Å². The fraction of sp³-hybridized carbons (Fsp3) is 0.200. The summed E-state index contributed by atoms with van der Waals surface area (Å²) in [6.45, 7) is 0.307. The van der Waals surface area contributed by atoms with Crippen LogP contribution in [-0.2, 0) is 6.42 Å². The topological polar surface area (TPSA) is 122 Å². The summed E-state index contributed by atoms with van der Waals surface area (Å²) in [5.41, 5.74) is 1.96. The molecule has 0 aliphatic rings. The predicted molar refractivity (Wildman–Crippen MR) is 64.4 cm³/mol. The summed E-state index contributed by atoms with van der Waals surface area (Å²) >= 11 is 0. The lowest BCUT2D eigenvalue weighted by Crippen LogP contribution is -2.27. The molecule has 0 aliphatic carbocycles. The minimum atomic E-state index is -0.790. The van der Waals surface area contributed by atoms with Crippen molar-refractivity contribution in [3.63, 3.8) is 0 Å². The zero-order valence-corrected chi connectivity index (χ0v) is 9.85. The highest BCUT2D eigenvalue weighted by Crippen LogP contribution is 2.13. The number of hydrogen-bond donors (Lipinski definition) is 4. The van der Waals surface area contributed by atoms with E-state index in [-0.39, 0.29) is 11.4 Å². The van der Waals surface area contributed by atoms with Gasteiger partial charge < -0.3 is 10.7 Å². The van der Waals surface area contributed by atoms with E-state index in [0.29, 0.717) is 18.8 Å². The Morgan fingerprint density at radius 3 is 3.00 bits per heavy atom. The van der Waals surface area contributed by atoms with Gasteiger partial charge >= 0.3 is 0 Å². The lowest BCUT2D eigenvalue weighted by molar-refractivity contribution is 0.0950. The van der Waals surface area contributed by atoms with Gasteiger partial charge in [0.1, 0.15) is 12.2 Å². The van der Waals surface area contributed by atoms with Crippen molar-refractivity contribution in [1.29, 1.82) is 0 Å². The van der Waals surface area contributed by atoms with E-state index < -0.39 is 11.7 Å². The van der Waals surface area contributed by atoms with Crippen LogP contribution in [0, 0.1) is 5.82 Å². The number of anilines is 1. The van der Waals surface area contributed by atoms with Crippen molar-refractivity contribution in [3.05, 3.63) is 35.8 Å².